The first-order valence-corrected chi connectivity index (χ1v) is 7.54. The number of nitrogens with two attached hydrogens (primary N) is 1. The Labute approximate surface area is 136 Å². The minimum absolute atomic E-state index is 0.234. The molecular weight excluding hydrogens is 286 g/mol. The van der Waals surface area contributed by atoms with E-state index in [4.69, 9.17) is 10.5 Å². The fraction of sp³-hybridized carbons (Fsp3) is 0.150. The standard InChI is InChI=1S/C20H19NO2/c1-13-17(10-14-6-4-3-5-7-14)16-9-8-15(23-2)11-19(16)18(13)12-20(21)22/h3-11H,12H2,1-2H3,(H2,21,22). The van der Waals surface area contributed by atoms with E-state index in [1.165, 1.54) is 0 Å². The lowest BCUT2D eigenvalue weighted by Gasteiger charge is -2.07. The topological polar surface area (TPSA) is 52.3 Å². The minimum atomic E-state index is -0.325. The molecule has 0 heterocycles. The van der Waals surface area contributed by atoms with Crippen molar-refractivity contribution in [3.8, 4) is 5.75 Å². The third kappa shape index (κ3) is 2.90. The molecule has 2 N–H and O–H groups in total. The molecule has 0 saturated heterocycles. The van der Waals surface area contributed by atoms with Gasteiger partial charge in [-0.05, 0) is 58.5 Å². The second kappa shape index (κ2) is 6.13. The molecule has 2 aromatic rings. The molecule has 23 heavy (non-hydrogen) atoms. The van der Waals surface area contributed by atoms with Crippen LogP contribution in [0.2, 0.25) is 0 Å². The summed E-state index contributed by atoms with van der Waals surface area (Å²) >= 11 is 0. The number of amides is 1. The summed E-state index contributed by atoms with van der Waals surface area (Å²) in [6.45, 7) is 2.04. The molecule has 0 spiro atoms. The molecule has 0 aromatic heterocycles. The summed E-state index contributed by atoms with van der Waals surface area (Å²) in [6, 6.07) is 16.1. The average molecular weight is 305 g/mol. The van der Waals surface area contributed by atoms with Gasteiger partial charge in [-0.25, -0.2) is 0 Å². The van der Waals surface area contributed by atoms with Crippen LogP contribution in [0.3, 0.4) is 0 Å². The number of benzene rings is 2. The van der Waals surface area contributed by atoms with Gasteiger partial charge in [0.05, 0.1) is 13.5 Å². The van der Waals surface area contributed by atoms with E-state index < -0.39 is 0 Å². The van der Waals surface area contributed by atoms with E-state index >= 15 is 0 Å². The van der Waals surface area contributed by atoms with E-state index in [1.54, 1.807) is 7.11 Å². The summed E-state index contributed by atoms with van der Waals surface area (Å²) in [5.41, 5.74) is 11.9. The van der Waals surface area contributed by atoms with Crippen LogP contribution < -0.4 is 10.5 Å². The smallest absolute Gasteiger partial charge is 0.221 e. The molecule has 3 nitrogen and oxygen atoms in total. The third-order valence-electron chi connectivity index (χ3n) is 4.16. The first-order chi connectivity index (χ1) is 11.1. The summed E-state index contributed by atoms with van der Waals surface area (Å²) < 4.78 is 5.32. The van der Waals surface area contributed by atoms with E-state index in [2.05, 4.69) is 18.2 Å². The van der Waals surface area contributed by atoms with Crippen molar-refractivity contribution >= 4 is 23.1 Å². The molecule has 1 aliphatic carbocycles. The maximum Gasteiger partial charge on any atom is 0.221 e. The number of carbonyl (C=O) groups is 1. The van der Waals surface area contributed by atoms with Crippen LogP contribution in [0.1, 0.15) is 30.0 Å². The van der Waals surface area contributed by atoms with Crippen LogP contribution >= 0.6 is 0 Å². The Morgan fingerprint density at radius 1 is 1.13 bits per heavy atom. The second-order valence-electron chi connectivity index (χ2n) is 5.63. The van der Waals surface area contributed by atoms with Crippen LogP contribution in [0.4, 0.5) is 0 Å². The van der Waals surface area contributed by atoms with Gasteiger partial charge in [0.1, 0.15) is 5.75 Å². The van der Waals surface area contributed by atoms with Crippen molar-refractivity contribution < 1.29 is 9.53 Å². The largest absolute Gasteiger partial charge is 0.497 e. The Hall–Kier alpha value is -2.81. The fourth-order valence-electron chi connectivity index (χ4n) is 3.01. The highest BCUT2D eigenvalue weighted by atomic mass is 16.5. The van der Waals surface area contributed by atoms with Gasteiger partial charge in [0.25, 0.3) is 0 Å². The maximum atomic E-state index is 11.5. The molecule has 1 aliphatic rings. The van der Waals surface area contributed by atoms with Crippen molar-refractivity contribution in [3.05, 3.63) is 70.8 Å². The molecule has 0 radical (unpaired) electrons. The first kappa shape index (κ1) is 15.1. The van der Waals surface area contributed by atoms with Crippen molar-refractivity contribution in [1.82, 2.24) is 0 Å². The normalized spacial score (nSPS) is 15.0. The average Bonchev–Trinajstić information content (AvgIpc) is 2.80. The number of fused-ring (bicyclic) bond motifs is 1. The quantitative estimate of drug-likeness (QED) is 0.931. The number of hydrogen-bond donors (Lipinski definition) is 1. The molecule has 116 valence electrons. The van der Waals surface area contributed by atoms with Gasteiger partial charge < -0.3 is 10.5 Å². The van der Waals surface area contributed by atoms with Gasteiger partial charge in [-0.2, -0.15) is 0 Å². The van der Waals surface area contributed by atoms with Gasteiger partial charge in [-0.1, -0.05) is 36.4 Å². The number of ether oxygens (including phenoxy) is 1. The SMILES string of the molecule is COc1ccc2c(c1)C(CC(N)=O)=C(C)C2=Cc1ccccc1. The number of methoxy groups -OCH3 is 1. The van der Waals surface area contributed by atoms with Crippen LogP contribution in [0.25, 0.3) is 17.2 Å². The van der Waals surface area contributed by atoms with Crippen LogP contribution in [-0.2, 0) is 4.79 Å². The van der Waals surface area contributed by atoms with Crippen molar-refractivity contribution in [2.75, 3.05) is 7.11 Å². The zero-order valence-electron chi connectivity index (χ0n) is 13.3. The Kier molecular flexibility index (Phi) is 4.02. The maximum absolute atomic E-state index is 11.5. The molecule has 3 rings (SSSR count). The van der Waals surface area contributed by atoms with Crippen molar-refractivity contribution in [2.45, 2.75) is 13.3 Å². The van der Waals surface area contributed by atoms with Gasteiger partial charge in [-0.15, -0.1) is 0 Å². The summed E-state index contributed by atoms with van der Waals surface area (Å²) in [7, 11) is 1.64. The van der Waals surface area contributed by atoms with Crippen LogP contribution in [-0.4, -0.2) is 13.0 Å². The first-order valence-electron chi connectivity index (χ1n) is 7.54. The van der Waals surface area contributed by atoms with Crippen molar-refractivity contribution in [3.63, 3.8) is 0 Å². The molecule has 0 bridgehead atoms. The predicted octanol–water partition coefficient (Wildman–Crippen LogP) is 3.90. The highest BCUT2D eigenvalue weighted by Crippen LogP contribution is 2.44. The molecule has 3 heteroatoms. The Bertz CT molecular complexity index is 817. The molecule has 1 amide bonds. The summed E-state index contributed by atoms with van der Waals surface area (Å²) in [6.07, 6.45) is 2.38. The van der Waals surface area contributed by atoms with Crippen molar-refractivity contribution in [2.24, 2.45) is 5.73 Å². The molecule has 0 unspecified atom stereocenters. The summed E-state index contributed by atoms with van der Waals surface area (Å²) in [5.74, 6) is 0.452. The lowest BCUT2D eigenvalue weighted by atomic mass is 10.0. The number of allylic oxidation sites excluding steroid dienone is 2. The molecule has 0 fully saturated rings. The monoisotopic (exact) mass is 305 g/mol. The van der Waals surface area contributed by atoms with E-state index in [1.807, 2.05) is 43.3 Å². The fourth-order valence-corrected chi connectivity index (χ4v) is 3.01. The second-order valence-corrected chi connectivity index (χ2v) is 5.63. The van der Waals surface area contributed by atoms with E-state index in [0.717, 1.165) is 39.2 Å². The molecule has 0 atom stereocenters. The zero-order chi connectivity index (χ0) is 16.4. The Morgan fingerprint density at radius 2 is 1.87 bits per heavy atom. The van der Waals surface area contributed by atoms with Crippen LogP contribution in [0.15, 0.2) is 54.1 Å². The van der Waals surface area contributed by atoms with E-state index in [9.17, 15) is 4.79 Å². The molecule has 2 aromatic carbocycles. The third-order valence-corrected chi connectivity index (χ3v) is 4.16. The van der Waals surface area contributed by atoms with Crippen molar-refractivity contribution in [1.29, 1.82) is 0 Å². The lowest BCUT2D eigenvalue weighted by Crippen LogP contribution is -2.10. The highest BCUT2D eigenvalue weighted by Gasteiger charge is 2.25. The Balaban J connectivity index is 2.17. The van der Waals surface area contributed by atoms with Gasteiger partial charge in [-0.3, -0.25) is 4.79 Å². The predicted molar refractivity (Wildman–Crippen MR) is 93.7 cm³/mol. The van der Waals surface area contributed by atoms with E-state index in [-0.39, 0.29) is 12.3 Å². The van der Waals surface area contributed by atoms with Crippen LogP contribution in [0, 0.1) is 0 Å². The molecular formula is C20H19NO2. The van der Waals surface area contributed by atoms with Crippen LogP contribution in [0.5, 0.6) is 5.75 Å². The number of hydrogen-bond acceptors (Lipinski definition) is 2. The summed E-state index contributed by atoms with van der Waals surface area (Å²) in [4.78, 5) is 11.5. The number of carbonyl (C=O) groups excluding carboxylic acids is 1. The zero-order valence-corrected chi connectivity index (χ0v) is 13.3. The van der Waals surface area contributed by atoms with E-state index in [0.29, 0.717) is 0 Å². The van der Waals surface area contributed by atoms with Gasteiger partial charge in [0.15, 0.2) is 0 Å². The van der Waals surface area contributed by atoms with Gasteiger partial charge in [0.2, 0.25) is 5.91 Å². The number of rotatable bonds is 4. The molecule has 0 saturated carbocycles. The van der Waals surface area contributed by atoms with Gasteiger partial charge in [0, 0.05) is 0 Å². The number of primary amides is 1. The molecule has 0 aliphatic heterocycles. The Morgan fingerprint density at radius 3 is 2.52 bits per heavy atom. The summed E-state index contributed by atoms with van der Waals surface area (Å²) in [5, 5.41) is 0. The van der Waals surface area contributed by atoms with Gasteiger partial charge >= 0.3 is 0 Å². The minimum Gasteiger partial charge on any atom is -0.497 e. The highest BCUT2D eigenvalue weighted by molar-refractivity contribution is 6.08. The lowest BCUT2D eigenvalue weighted by molar-refractivity contribution is -0.117.